The van der Waals surface area contributed by atoms with Crippen LogP contribution in [0.2, 0.25) is 0 Å². The topological polar surface area (TPSA) is 71.1 Å². The second-order valence-electron chi connectivity index (χ2n) is 5.98. The largest absolute Gasteiger partial charge is 0.357 e. The molecular weight excluding hydrogens is 384 g/mol. The Kier molecular flexibility index (Phi) is 6.10. The van der Waals surface area contributed by atoms with E-state index in [0.29, 0.717) is 5.69 Å². The highest BCUT2D eigenvalue weighted by molar-refractivity contribution is 7.13. The molecule has 0 fully saturated rings. The quantitative estimate of drug-likeness (QED) is 0.666. The SMILES string of the molecule is CNC(=O)C(NC(=O)Cc1csc(-c2ccccc2)n1)c1ccc(F)c(F)c1. The highest BCUT2D eigenvalue weighted by Gasteiger charge is 2.23. The van der Waals surface area contributed by atoms with Gasteiger partial charge in [-0.15, -0.1) is 11.3 Å². The minimum absolute atomic E-state index is 0.0412. The summed E-state index contributed by atoms with van der Waals surface area (Å²) in [6.07, 6.45) is -0.0412. The van der Waals surface area contributed by atoms with Crippen molar-refractivity contribution in [1.82, 2.24) is 15.6 Å². The Morgan fingerprint density at radius 1 is 1.11 bits per heavy atom. The van der Waals surface area contributed by atoms with Crippen LogP contribution in [0.1, 0.15) is 17.3 Å². The van der Waals surface area contributed by atoms with Crippen molar-refractivity contribution < 1.29 is 18.4 Å². The molecule has 2 N–H and O–H groups in total. The van der Waals surface area contributed by atoms with Crippen LogP contribution in [0.25, 0.3) is 10.6 Å². The van der Waals surface area contributed by atoms with Crippen LogP contribution in [0, 0.1) is 11.6 Å². The van der Waals surface area contributed by atoms with Gasteiger partial charge in [-0.2, -0.15) is 0 Å². The number of nitrogens with zero attached hydrogens (tertiary/aromatic N) is 1. The minimum atomic E-state index is -1.14. The first-order chi connectivity index (χ1) is 13.5. The predicted octanol–water partition coefficient (Wildman–Crippen LogP) is 3.23. The summed E-state index contributed by atoms with van der Waals surface area (Å²) in [6, 6.07) is 11.5. The van der Waals surface area contributed by atoms with Crippen molar-refractivity contribution in [2.24, 2.45) is 0 Å². The molecule has 0 bridgehead atoms. The van der Waals surface area contributed by atoms with Crippen molar-refractivity contribution in [3.8, 4) is 10.6 Å². The number of hydrogen-bond donors (Lipinski definition) is 2. The van der Waals surface area contributed by atoms with Crippen LogP contribution >= 0.6 is 11.3 Å². The van der Waals surface area contributed by atoms with Crippen LogP contribution in [-0.4, -0.2) is 23.8 Å². The van der Waals surface area contributed by atoms with Crippen LogP contribution in [0.15, 0.2) is 53.9 Å². The zero-order valence-electron chi connectivity index (χ0n) is 14.9. The lowest BCUT2D eigenvalue weighted by atomic mass is 10.1. The van der Waals surface area contributed by atoms with Crippen LogP contribution in [-0.2, 0) is 16.0 Å². The van der Waals surface area contributed by atoms with Gasteiger partial charge in [-0.1, -0.05) is 36.4 Å². The van der Waals surface area contributed by atoms with E-state index in [-0.39, 0.29) is 12.0 Å². The molecule has 1 unspecified atom stereocenters. The zero-order chi connectivity index (χ0) is 20.1. The fourth-order valence-electron chi connectivity index (χ4n) is 2.61. The van der Waals surface area contributed by atoms with Crippen LogP contribution in [0.4, 0.5) is 8.78 Å². The van der Waals surface area contributed by atoms with Gasteiger partial charge in [0.2, 0.25) is 11.8 Å². The van der Waals surface area contributed by atoms with E-state index >= 15 is 0 Å². The average molecular weight is 401 g/mol. The summed E-state index contributed by atoms with van der Waals surface area (Å²) in [5, 5.41) is 7.52. The summed E-state index contributed by atoms with van der Waals surface area (Å²) >= 11 is 1.41. The monoisotopic (exact) mass is 401 g/mol. The molecule has 8 heteroatoms. The first kappa shape index (κ1) is 19.6. The number of thiazole rings is 1. The maximum atomic E-state index is 13.5. The van der Waals surface area contributed by atoms with Gasteiger partial charge in [-0.05, 0) is 17.7 Å². The van der Waals surface area contributed by atoms with Gasteiger partial charge in [-0.25, -0.2) is 13.8 Å². The predicted molar refractivity (Wildman–Crippen MR) is 103 cm³/mol. The second-order valence-corrected chi connectivity index (χ2v) is 6.83. The van der Waals surface area contributed by atoms with E-state index in [4.69, 9.17) is 0 Å². The van der Waals surface area contributed by atoms with Crippen molar-refractivity contribution in [2.45, 2.75) is 12.5 Å². The molecule has 0 radical (unpaired) electrons. The molecule has 1 heterocycles. The normalized spacial score (nSPS) is 11.7. The van der Waals surface area contributed by atoms with E-state index < -0.39 is 29.5 Å². The number of carbonyl (C=O) groups excluding carboxylic acids is 2. The van der Waals surface area contributed by atoms with Crippen molar-refractivity contribution in [2.75, 3.05) is 7.05 Å². The number of halogens is 2. The van der Waals surface area contributed by atoms with E-state index in [2.05, 4.69) is 15.6 Å². The fourth-order valence-corrected chi connectivity index (χ4v) is 3.44. The maximum absolute atomic E-state index is 13.5. The van der Waals surface area contributed by atoms with Crippen molar-refractivity contribution in [1.29, 1.82) is 0 Å². The van der Waals surface area contributed by atoms with Gasteiger partial charge in [0.05, 0.1) is 12.1 Å². The number of amides is 2. The molecule has 1 aromatic heterocycles. The lowest BCUT2D eigenvalue weighted by Gasteiger charge is -2.17. The third-order valence-electron chi connectivity index (χ3n) is 4.01. The number of rotatable bonds is 6. The molecule has 5 nitrogen and oxygen atoms in total. The highest BCUT2D eigenvalue weighted by atomic mass is 32.1. The number of benzene rings is 2. The van der Waals surface area contributed by atoms with Gasteiger partial charge in [0, 0.05) is 18.0 Å². The Morgan fingerprint density at radius 3 is 2.54 bits per heavy atom. The third kappa shape index (κ3) is 4.58. The summed E-state index contributed by atoms with van der Waals surface area (Å²) in [4.78, 5) is 29.0. The van der Waals surface area contributed by atoms with Gasteiger partial charge < -0.3 is 10.6 Å². The Hall–Kier alpha value is -3.13. The first-order valence-electron chi connectivity index (χ1n) is 8.43. The Labute approximate surface area is 164 Å². The maximum Gasteiger partial charge on any atom is 0.246 e. The highest BCUT2D eigenvalue weighted by Crippen LogP contribution is 2.23. The summed E-state index contributed by atoms with van der Waals surface area (Å²) in [5.74, 6) is -3.11. The summed E-state index contributed by atoms with van der Waals surface area (Å²) in [6.45, 7) is 0. The molecule has 0 saturated carbocycles. The molecule has 0 aliphatic rings. The van der Waals surface area contributed by atoms with Crippen LogP contribution < -0.4 is 10.6 Å². The minimum Gasteiger partial charge on any atom is -0.357 e. The lowest BCUT2D eigenvalue weighted by molar-refractivity contribution is -0.128. The summed E-state index contributed by atoms with van der Waals surface area (Å²) < 4.78 is 26.7. The van der Waals surface area contributed by atoms with Crippen LogP contribution in [0.3, 0.4) is 0 Å². The number of nitrogens with one attached hydrogen (secondary N) is 2. The molecule has 0 saturated heterocycles. The van der Waals surface area contributed by atoms with E-state index in [9.17, 15) is 18.4 Å². The second kappa shape index (κ2) is 8.71. The van der Waals surface area contributed by atoms with Gasteiger partial charge in [0.25, 0.3) is 0 Å². The standard InChI is InChI=1S/C20H17F2N3O2S/c1-23-19(27)18(13-7-8-15(21)16(22)9-13)25-17(26)10-14-11-28-20(24-14)12-5-3-2-4-6-12/h2-9,11,18H,10H2,1H3,(H,23,27)(H,25,26). The van der Waals surface area contributed by atoms with Crippen molar-refractivity contribution >= 4 is 23.2 Å². The average Bonchev–Trinajstić information content (AvgIpc) is 3.17. The van der Waals surface area contributed by atoms with E-state index in [1.165, 1.54) is 24.5 Å². The fraction of sp³-hybridized carbons (Fsp3) is 0.150. The molecule has 28 heavy (non-hydrogen) atoms. The Bertz CT molecular complexity index is 992. The Balaban J connectivity index is 1.73. The molecule has 0 aliphatic carbocycles. The van der Waals surface area contributed by atoms with Crippen LogP contribution in [0.5, 0.6) is 0 Å². The number of aromatic nitrogens is 1. The molecule has 0 spiro atoms. The molecule has 1 atom stereocenters. The summed E-state index contributed by atoms with van der Waals surface area (Å²) in [7, 11) is 1.40. The van der Waals surface area contributed by atoms with E-state index in [0.717, 1.165) is 22.7 Å². The third-order valence-corrected chi connectivity index (χ3v) is 4.95. The smallest absolute Gasteiger partial charge is 0.246 e. The van der Waals surface area contributed by atoms with Crippen molar-refractivity contribution in [3.63, 3.8) is 0 Å². The van der Waals surface area contributed by atoms with Gasteiger partial charge in [0.1, 0.15) is 11.0 Å². The molecule has 0 aliphatic heterocycles. The zero-order valence-corrected chi connectivity index (χ0v) is 15.7. The van der Waals surface area contributed by atoms with E-state index in [1.54, 1.807) is 5.38 Å². The van der Waals surface area contributed by atoms with Gasteiger partial charge in [0.15, 0.2) is 11.6 Å². The van der Waals surface area contributed by atoms with E-state index in [1.807, 2.05) is 30.3 Å². The first-order valence-corrected chi connectivity index (χ1v) is 9.31. The molecule has 3 rings (SSSR count). The van der Waals surface area contributed by atoms with Gasteiger partial charge in [-0.3, -0.25) is 9.59 Å². The molecule has 3 aromatic rings. The molecule has 2 amide bonds. The number of hydrogen-bond acceptors (Lipinski definition) is 4. The summed E-state index contributed by atoms with van der Waals surface area (Å²) in [5.41, 5.74) is 1.65. The molecule has 144 valence electrons. The molecular formula is C20H17F2N3O2S. The van der Waals surface area contributed by atoms with Gasteiger partial charge >= 0.3 is 0 Å². The Morgan fingerprint density at radius 2 is 1.86 bits per heavy atom. The van der Waals surface area contributed by atoms with Crippen molar-refractivity contribution in [3.05, 3.63) is 76.8 Å². The lowest BCUT2D eigenvalue weighted by Crippen LogP contribution is -2.39. The number of carbonyl (C=O) groups is 2. The number of likely N-dealkylation sites (N-methyl/N-ethyl adjacent to an activating group) is 1. The molecule has 2 aromatic carbocycles.